The van der Waals surface area contributed by atoms with E-state index in [0.29, 0.717) is 22.9 Å². The van der Waals surface area contributed by atoms with E-state index in [-0.39, 0.29) is 5.37 Å². The number of hydrogen-bond donors (Lipinski definition) is 0. The molecule has 2 aromatic carbocycles. The Morgan fingerprint density at radius 1 is 1.08 bits per heavy atom. The average Bonchev–Trinajstić information content (AvgIpc) is 3.18. The van der Waals surface area contributed by atoms with E-state index < -0.39 is 10.0 Å². The molecule has 0 aromatic heterocycles. The summed E-state index contributed by atoms with van der Waals surface area (Å²) in [5, 5.41) is -0.273. The molecule has 0 bridgehead atoms. The fourth-order valence-corrected chi connectivity index (χ4v) is 6.23. The van der Waals surface area contributed by atoms with Gasteiger partial charge in [0.05, 0.1) is 24.5 Å². The minimum absolute atomic E-state index is 0.273. The van der Waals surface area contributed by atoms with E-state index in [2.05, 4.69) is 0 Å². The number of benzene rings is 2. The smallest absolute Gasteiger partial charge is 0.244 e. The van der Waals surface area contributed by atoms with Gasteiger partial charge in [-0.3, -0.25) is 0 Å². The molecular weight excluding hydrogens is 370 g/mol. The summed E-state index contributed by atoms with van der Waals surface area (Å²) in [6.07, 6.45) is 0.883. The molecular formula is C19H23NO4S2. The first-order valence-electron chi connectivity index (χ1n) is 8.45. The lowest BCUT2D eigenvalue weighted by atomic mass is 10.2. The van der Waals surface area contributed by atoms with Crippen LogP contribution in [0.3, 0.4) is 0 Å². The summed E-state index contributed by atoms with van der Waals surface area (Å²) in [5.41, 5.74) is 2.01. The molecule has 1 unspecified atom stereocenters. The zero-order valence-electron chi connectivity index (χ0n) is 15.1. The molecule has 0 saturated carbocycles. The minimum atomic E-state index is -3.56. The Kier molecular flexibility index (Phi) is 5.79. The van der Waals surface area contributed by atoms with Gasteiger partial charge in [-0.1, -0.05) is 25.1 Å². The van der Waals surface area contributed by atoms with Gasteiger partial charge in [0.25, 0.3) is 0 Å². The van der Waals surface area contributed by atoms with Crippen LogP contribution in [0.5, 0.6) is 11.5 Å². The van der Waals surface area contributed by atoms with Crippen LogP contribution in [-0.2, 0) is 16.4 Å². The highest BCUT2D eigenvalue weighted by Crippen LogP contribution is 2.43. The quantitative estimate of drug-likeness (QED) is 0.749. The van der Waals surface area contributed by atoms with Crippen molar-refractivity contribution in [3.63, 3.8) is 0 Å². The number of nitrogens with zero attached hydrogens (tertiary/aromatic N) is 1. The molecule has 1 heterocycles. The fraction of sp³-hybridized carbons (Fsp3) is 0.368. The zero-order chi connectivity index (χ0) is 18.7. The van der Waals surface area contributed by atoms with Gasteiger partial charge in [-0.25, -0.2) is 8.42 Å². The number of methoxy groups -OCH3 is 2. The number of ether oxygens (including phenoxy) is 2. The Morgan fingerprint density at radius 3 is 2.38 bits per heavy atom. The Hall–Kier alpha value is -1.70. The summed E-state index contributed by atoms with van der Waals surface area (Å²) in [6.45, 7) is 2.54. The maximum atomic E-state index is 13.2. The van der Waals surface area contributed by atoms with Gasteiger partial charge in [0.2, 0.25) is 10.0 Å². The van der Waals surface area contributed by atoms with E-state index in [0.717, 1.165) is 23.3 Å². The number of hydrogen-bond acceptors (Lipinski definition) is 5. The molecule has 5 nitrogen and oxygen atoms in total. The molecule has 0 aliphatic carbocycles. The molecule has 1 atom stereocenters. The van der Waals surface area contributed by atoms with Crippen LogP contribution in [0.15, 0.2) is 47.4 Å². The Labute approximate surface area is 159 Å². The first-order chi connectivity index (χ1) is 12.5. The Bertz CT molecular complexity index is 866. The Balaban J connectivity index is 1.94. The lowest BCUT2D eigenvalue weighted by Crippen LogP contribution is -2.30. The highest BCUT2D eigenvalue weighted by molar-refractivity contribution is 8.01. The highest BCUT2D eigenvalue weighted by Gasteiger charge is 2.37. The summed E-state index contributed by atoms with van der Waals surface area (Å²) in [5.74, 6) is 1.98. The van der Waals surface area contributed by atoms with Crippen molar-refractivity contribution in [1.82, 2.24) is 4.31 Å². The molecule has 0 spiro atoms. The van der Waals surface area contributed by atoms with Crippen LogP contribution >= 0.6 is 11.8 Å². The van der Waals surface area contributed by atoms with Crippen molar-refractivity contribution in [2.24, 2.45) is 0 Å². The maximum absolute atomic E-state index is 13.2. The van der Waals surface area contributed by atoms with Crippen LogP contribution in [-0.4, -0.2) is 39.2 Å². The molecule has 140 valence electrons. The van der Waals surface area contributed by atoms with Gasteiger partial charge in [-0.05, 0) is 41.8 Å². The maximum Gasteiger partial charge on any atom is 0.244 e. The van der Waals surface area contributed by atoms with E-state index >= 15 is 0 Å². The molecule has 0 radical (unpaired) electrons. The molecule has 7 heteroatoms. The first-order valence-corrected chi connectivity index (χ1v) is 10.9. The summed E-state index contributed by atoms with van der Waals surface area (Å²) >= 11 is 1.62. The second kappa shape index (κ2) is 7.90. The molecule has 1 aliphatic rings. The van der Waals surface area contributed by atoms with E-state index in [1.54, 1.807) is 42.4 Å². The van der Waals surface area contributed by atoms with E-state index in [9.17, 15) is 8.42 Å². The van der Waals surface area contributed by atoms with Crippen molar-refractivity contribution in [3.05, 3.63) is 53.6 Å². The number of rotatable bonds is 6. The zero-order valence-corrected chi connectivity index (χ0v) is 16.8. The third-order valence-electron chi connectivity index (χ3n) is 4.48. The largest absolute Gasteiger partial charge is 0.493 e. The van der Waals surface area contributed by atoms with E-state index in [1.807, 2.05) is 37.3 Å². The number of sulfonamides is 1. The van der Waals surface area contributed by atoms with E-state index in [4.69, 9.17) is 9.47 Å². The van der Waals surface area contributed by atoms with Crippen molar-refractivity contribution in [1.29, 1.82) is 0 Å². The van der Waals surface area contributed by atoms with Gasteiger partial charge in [0.15, 0.2) is 11.5 Å². The SMILES string of the molecule is CCc1ccc(S(=O)(=O)N2CCSC2c2ccc(OC)c(OC)c2)cc1. The third-order valence-corrected chi connectivity index (χ3v) is 7.75. The predicted octanol–water partition coefficient (Wildman–Crippen LogP) is 3.70. The number of thioether (sulfide) groups is 1. The Morgan fingerprint density at radius 2 is 1.77 bits per heavy atom. The second-order valence-corrected chi connectivity index (χ2v) is 9.03. The van der Waals surface area contributed by atoms with E-state index in [1.165, 1.54) is 0 Å². The summed E-state index contributed by atoms with van der Waals surface area (Å²) in [4.78, 5) is 0.336. The van der Waals surface area contributed by atoms with Crippen molar-refractivity contribution < 1.29 is 17.9 Å². The van der Waals surface area contributed by atoms with Crippen molar-refractivity contribution in [2.75, 3.05) is 26.5 Å². The van der Waals surface area contributed by atoms with Gasteiger partial charge in [-0.15, -0.1) is 11.8 Å². The molecule has 2 aromatic rings. The normalized spacial score (nSPS) is 18.0. The van der Waals surface area contributed by atoms with Crippen molar-refractivity contribution >= 4 is 21.8 Å². The van der Waals surface area contributed by atoms with Crippen LogP contribution in [0.25, 0.3) is 0 Å². The molecule has 1 saturated heterocycles. The van der Waals surface area contributed by atoms with Gasteiger partial charge >= 0.3 is 0 Å². The summed E-state index contributed by atoms with van der Waals surface area (Å²) in [7, 11) is -0.397. The predicted molar refractivity (Wildman–Crippen MR) is 104 cm³/mol. The lowest BCUT2D eigenvalue weighted by Gasteiger charge is -2.24. The van der Waals surface area contributed by atoms with Crippen molar-refractivity contribution in [3.8, 4) is 11.5 Å². The molecule has 3 rings (SSSR count). The topological polar surface area (TPSA) is 55.8 Å². The molecule has 1 fully saturated rings. The van der Waals surface area contributed by atoms with Gasteiger partial charge < -0.3 is 9.47 Å². The van der Waals surface area contributed by atoms with Gasteiger partial charge in [0.1, 0.15) is 0 Å². The monoisotopic (exact) mass is 393 g/mol. The highest BCUT2D eigenvalue weighted by atomic mass is 32.2. The van der Waals surface area contributed by atoms with Crippen molar-refractivity contribution in [2.45, 2.75) is 23.6 Å². The molecule has 1 aliphatic heterocycles. The second-order valence-electron chi connectivity index (χ2n) is 5.95. The fourth-order valence-electron chi connectivity index (χ4n) is 3.00. The van der Waals surface area contributed by atoms with Gasteiger partial charge in [-0.2, -0.15) is 4.31 Å². The first kappa shape index (κ1) is 19.1. The molecule has 0 N–H and O–H groups in total. The van der Waals surface area contributed by atoms with Crippen LogP contribution in [0.1, 0.15) is 23.4 Å². The molecule has 0 amide bonds. The minimum Gasteiger partial charge on any atom is -0.493 e. The summed E-state index contributed by atoms with van der Waals surface area (Å²) < 4.78 is 38.5. The van der Waals surface area contributed by atoms with Crippen LogP contribution < -0.4 is 9.47 Å². The summed E-state index contributed by atoms with van der Waals surface area (Å²) in [6, 6.07) is 12.7. The van der Waals surface area contributed by atoms with Gasteiger partial charge in [0, 0.05) is 12.3 Å². The standard InChI is InChI=1S/C19H23NO4S2/c1-4-14-5-8-16(9-6-14)26(21,22)20-11-12-25-19(20)15-7-10-17(23-2)18(13-15)24-3/h5-10,13,19H,4,11-12H2,1-3H3. The van der Waals surface area contributed by atoms with Crippen LogP contribution in [0.2, 0.25) is 0 Å². The average molecular weight is 394 g/mol. The number of aryl methyl sites for hydroxylation is 1. The third kappa shape index (κ3) is 3.56. The van der Waals surface area contributed by atoms with Crippen LogP contribution in [0.4, 0.5) is 0 Å². The molecule has 26 heavy (non-hydrogen) atoms. The van der Waals surface area contributed by atoms with Crippen LogP contribution in [0, 0.1) is 0 Å². The lowest BCUT2D eigenvalue weighted by molar-refractivity contribution is 0.353.